The van der Waals surface area contributed by atoms with Crippen LogP contribution in [0.5, 0.6) is 0 Å². The summed E-state index contributed by atoms with van der Waals surface area (Å²) in [6.45, 7) is 2.76. The Morgan fingerprint density at radius 1 is 1.23 bits per heavy atom. The van der Waals surface area contributed by atoms with E-state index in [0.717, 1.165) is 64.8 Å². The molecule has 0 saturated carbocycles. The van der Waals surface area contributed by atoms with Crippen LogP contribution in [0.4, 0.5) is 0 Å². The molecule has 2 aromatic heterocycles. The summed E-state index contributed by atoms with van der Waals surface area (Å²) in [7, 11) is 0. The Morgan fingerprint density at radius 3 is 2.92 bits per heavy atom. The van der Waals surface area contributed by atoms with E-state index in [9.17, 15) is 4.79 Å². The highest BCUT2D eigenvalue weighted by molar-refractivity contribution is 7.20. The van der Waals surface area contributed by atoms with Gasteiger partial charge in [-0.2, -0.15) is 0 Å². The lowest BCUT2D eigenvalue weighted by atomic mass is 10.0. The van der Waals surface area contributed by atoms with E-state index in [4.69, 9.17) is 14.1 Å². The maximum atomic E-state index is 12.9. The Balaban J connectivity index is 1.36. The second-order valence-electron chi connectivity index (χ2n) is 6.93. The van der Waals surface area contributed by atoms with Crippen LogP contribution < -0.4 is 0 Å². The van der Waals surface area contributed by atoms with Crippen LogP contribution in [0, 0.1) is 0 Å². The van der Waals surface area contributed by atoms with Crippen molar-refractivity contribution in [3.05, 3.63) is 52.6 Å². The molecule has 0 N–H and O–H groups in total. The SMILES string of the molecule is O=C(c1cc2ccccc2s1)N1CCc2oc(C3CCOCC3)nc2C1. The molecular weight excluding hydrogens is 348 g/mol. The summed E-state index contributed by atoms with van der Waals surface area (Å²) >= 11 is 1.56. The summed E-state index contributed by atoms with van der Waals surface area (Å²) in [5, 5.41) is 1.13. The number of aromatic nitrogens is 1. The zero-order valence-corrected chi connectivity index (χ0v) is 15.3. The first-order valence-electron chi connectivity index (χ1n) is 9.12. The van der Waals surface area contributed by atoms with Crippen molar-refractivity contribution in [3.8, 4) is 0 Å². The number of hydrogen-bond acceptors (Lipinski definition) is 5. The van der Waals surface area contributed by atoms with Gasteiger partial charge in [0.1, 0.15) is 11.5 Å². The lowest BCUT2D eigenvalue weighted by molar-refractivity contribution is 0.0730. The predicted molar refractivity (Wildman–Crippen MR) is 99.6 cm³/mol. The lowest BCUT2D eigenvalue weighted by Gasteiger charge is -2.24. The number of rotatable bonds is 2. The number of oxazole rings is 1. The van der Waals surface area contributed by atoms with Gasteiger partial charge in [0.05, 0.1) is 11.4 Å². The minimum atomic E-state index is 0.0902. The monoisotopic (exact) mass is 368 g/mol. The molecule has 5 nitrogen and oxygen atoms in total. The third-order valence-electron chi connectivity index (χ3n) is 5.24. The quantitative estimate of drug-likeness (QED) is 0.686. The normalized spacial score (nSPS) is 18.2. The van der Waals surface area contributed by atoms with E-state index in [1.807, 2.05) is 23.1 Å². The van der Waals surface area contributed by atoms with Gasteiger partial charge in [0.25, 0.3) is 5.91 Å². The second kappa shape index (κ2) is 6.52. The average molecular weight is 368 g/mol. The average Bonchev–Trinajstić information content (AvgIpc) is 3.31. The molecule has 0 unspecified atom stereocenters. The van der Waals surface area contributed by atoms with Crippen molar-refractivity contribution in [1.82, 2.24) is 9.88 Å². The Labute approximate surface area is 155 Å². The molecule has 0 aliphatic carbocycles. The number of carbonyl (C=O) groups excluding carboxylic acids is 1. The first-order valence-corrected chi connectivity index (χ1v) is 9.93. The fourth-order valence-corrected chi connectivity index (χ4v) is 4.78. The number of thiophene rings is 1. The lowest BCUT2D eigenvalue weighted by Crippen LogP contribution is -2.35. The van der Waals surface area contributed by atoms with Gasteiger partial charge in [0.15, 0.2) is 5.89 Å². The molecule has 5 rings (SSSR count). The van der Waals surface area contributed by atoms with Gasteiger partial charge in [-0.1, -0.05) is 18.2 Å². The van der Waals surface area contributed by atoms with Crippen molar-refractivity contribution in [2.45, 2.75) is 31.7 Å². The van der Waals surface area contributed by atoms with Crippen molar-refractivity contribution in [2.75, 3.05) is 19.8 Å². The summed E-state index contributed by atoms with van der Waals surface area (Å²) in [5.41, 5.74) is 0.923. The van der Waals surface area contributed by atoms with Crippen LogP contribution in [0.1, 0.15) is 45.8 Å². The Bertz CT molecular complexity index is 922. The molecule has 1 saturated heterocycles. The third-order valence-corrected chi connectivity index (χ3v) is 6.34. The molecule has 2 aliphatic heterocycles. The zero-order valence-electron chi connectivity index (χ0n) is 14.4. The Morgan fingerprint density at radius 2 is 2.08 bits per heavy atom. The van der Waals surface area contributed by atoms with Crippen LogP contribution in [-0.2, 0) is 17.7 Å². The smallest absolute Gasteiger partial charge is 0.264 e. The van der Waals surface area contributed by atoms with E-state index < -0.39 is 0 Å². The minimum Gasteiger partial charge on any atom is -0.445 e. The molecule has 0 bridgehead atoms. The van der Waals surface area contributed by atoms with Crippen LogP contribution in [0.2, 0.25) is 0 Å². The highest BCUT2D eigenvalue weighted by Crippen LogP contribution is 2.31. The number of nitrogens with zero attached hydrogens (tertiary/aromatic N) is 2. The zero-order chi connectivity index (χ0) is 17.5. The largest absolute Gasteiger partial charge is 0.445 e. The molecule has 0 spiro atoms. The minimum absolute atomic E-state index is 0.0902. The van der Waals surface area contributed by atoms with Crippen molar-refractivity contribution >= 4 is 27.3 Å². The molecule has 0 atom stereocenters. The molecule has 4 heterocycles. The fraction of sp³-hybridized carbons (Fsp3) is 0.400. The summed E-state index contributed by atoms with van der Waals surface area (Å²) in [5.74, 6) is 2.22. The van der Waals surface area contributed by atoms with Gasteiger partial charge in [-0.3, -0.25) is 4.79 Å². The topological polar surface area (TPSA) is 55.6 Å². The number of benzene rings is 1. The maximum Gasteiger partial charge on any atom is 0.264 e. The molecule has 1 fully saturated rings. The number of carbonyl (C=O) groups is 1. The standard InChI is InChI=1S/C20H20N2O3S/c23-20(18-11-14-3-1-2-4-17(14)26-18)22-8-5-16-15(12-22)21-19(25-16)13-6-9-24-10-7-13/h1-4,11,13H,5-10,12H2. The summed E-state index contributed by atoms with van der Waals surface area (Å²) in [6.07, 6.45) is 2.66. The van der Waals surface area contributed by atoms with Crippen molar-refractivity contribution < 1.29 is 13.9 Å². The molecular formula is C20H20N2O3S. The van der Waals surface area contributed by atoms with Gasteiger partial charge in [0, 0.05) is 36.8 Å². The first kappa shape index (κ1) is 16.0. The number of amides is 1. The molecule has 2 aliphatic rings. The second-order valence-corrected chi connectivity index (χ2v) is 8.02. The fourth-order valence-electron chi connectivity index (χ4n) is 3.75. The van der Waals surface area contributed by atoms with Crippen molar-refractivity contribution in [2.24, 2.45) is 0 Å². The summed E-state index contributed by atoms with van der Waals surface area (Å²) < 4.78 is 12.6. The van der Waals surface area contributed by atoms with Crippen LogP contribution in [-0.4, -0.2) is 35.5 Å². The van der Waals surface area contributed by atoms with Gasteiger partial charge >= 0.3 is 0 Å². The van der Waals surface area contributed by atoms with E-state index in [2.05, 4.69) is 12.1 Å². The van der Waals surface area contributed by atoms with Crippen LogP contribution in [0.15, 0.2) is 34.7 Å². The predicted octanol–water partition coefficient (Wildman–Crippen LogP) is 3.98. The Kier molecular flexibility index (Phi) is 4.02. The molecule has 0 radical (unpaired) electrons. The van der Waals surface area contributed by atoms with E-state index in [-0.39, 0.29) is 5.91 Å². The molecule has 26 heavy (non-hydrogen) atoms. The van der Waals surface area contributed by atoms with Gasteiger partial charge in [-0.15, -0.1) is 11.3 Å². The summed E-state index contributed by atoms with van der Waals surface area (Å²) in [6, 6.07) is 10.1. The van der Waals surface area contributed by atoms with E-state index in [1.165, 1.54) is 0 Å². The molecule has 1 aromatic carbocycles. The van der Waals surface area contributed by atoms with Crippen molar-refractivity contribution in [3.63, 3.8) is 0 Å². The molecule has 6 heteroatoms. The highest BCUT2D eigenvalue weighted by atomic mass is 32.1. The Hall–Kier alpha value is -2.18. The first-order chi connectivity index (χ1) is 12.8. The van der Waals surface area contributed by atoms with Crippen LogP contribution in [0.3, 0.4) is 0 Å². The van der Waals surface area contributed by atoms with E-state index >= 15 is 0 Å². The van der Waals surface area contributed by atoms with Crippen LogP contribution >= 0.6 is 11.3 Å². The van der Waals surface area contributed by atoms with Crippen LogP contribution in [0.25, 0.3) is 10.1 Å². The van der Waals surface area contributed by atoms with Gasteiger partial charge in [0.2, 0.25) is 0 Å². The number of hydrogen-bond donors (Lipinski definition) is 0. The molecule has 3 aromatic rings. The number of fused-ring (bicyclic) bond motifs is 2. The van der Waals surface area contributed by atoms with E-state index in [1.54, 1.807) is 11.3 Å². The van der Waals surface area contributed by atoms with Gasteiger partial charge in [-0.05, 0) is 30.4 Å². The van der Waals surface area contributed by atoms with Crippen molar-refractivity contribution in [1.29, 1.82) is 0 Å². The summed E-state index contributed by atoms with van der Waals surface area (Å²) in [4.78, 5) is 20.4. The maximum absolute atomic E-state index is 12.9. The van der Waals surface area contributed by atoms with Gasteiger partial charge in [-0.25, -0.2) is 4.98 Å². The number of ether oxygens (including phenoxy) is 1. The van der Waals surface area contributed by atoms with Gasteiger partial charge < -0.3 is 14.1 Å². The molecule has 1 amide bonds. The molecule has 134 valence electrons. The highest BCUT2D eigenvalue weighted by Gasteiger charge is 2.29. The third kappa shape index (κ3) is 2.83. The van der Waals surface area contributed by atoms with E-state index in [0.29, 0.717) is 19.0 Å².